The maximum atomic E-state index is 6.70. The molecule has 0 radical (unpaired) electrons. The number of pyridine rings is 1. The third kappa shape index (κ3) is 6.97. The molecular formula is C57H43ClN4O. The van der Waals surface area contributed by atoms with Crippen LogP contribution in [0.25, 0.3) is 82.1 Å². The van der Waals surface area contributed by atoms with Crippen LogP contribution in [0.3, 0.4) is 0 Å². The van der Waals surface area contributed by atoms with Crippen molar-refractivity contribution in [3.8, 4) is 28.4 Å². The fourth-order valence-corrected chi connectivity index (χ4v) is 9.21. The lowest BCUT2D eigenvalue weighted by atomic mass is 9.88. The van der Waals surface area contributed by atoms with Crippen molar-refractivity contribution in [3.63, 3.8) is 0 Å². The molecule has 8 aromatic carbocycles. The fourth-order valence-electron chi connectivity index (χ4n) is 9.04. The van der Waals surface area contributed by atoms with Crippen LogP contribution in [0.15, 0.2) is 194 Å². The first-order valence-electron chi connectivity index (χ1n) is 21.3. The number of para-hydroxylation sites is 2. The highest BCUT2D eigenvalue weighted by molar-refractivity contribution is 6.32. The van der Waals surface area contributed by atoms with Crippen molar-refractivity contribution < 1.29 is 4.74 Å². The van der Waals surface area contributed by atoms with Crippen molar-refractivity contribution in [2.45, 2.75) is 26.2 Å². The largest absolute Gasteiger partial charge is 0.457 e. The van der Waals surface area contributed by atoms with Crippen molar-refractivity contribution in [1.29, 1.82) is 0 Å². The first kappa shape index (κ1) is 38.3. The molecule has 0 saturated heterocycles. The van der Waals surface area contributed by atoms with Gasteiger partial charge in [0.05, 0.1) is 27.8 Å². The van der Waals surface area contributed by atoms with E-state index in [1.807, 2.05) is 36.5 Å². The fraction of sp³-hybridized carbons (Fsp3) is 0.0702. The molecule has 6 heteroatoms. The Bertz CT molecular complexity index is 3640. The number of aromatic nitrogens is 3. The molecule has 2 N–H and O–H groups in total. The van der Waals surface area contributed by atoms with Gasteiger partial charge in [-0.15, -0.1) is 0 Å². The molecule has 11 aromatic rings. The molecule has 0 spiro atoms. The first-order valence-corrected chi connectivity index (χ1v) is 21.7. The van der Waals surface area contributed by atoms with Crippen LogP contribution in [0.2, 0.25) is 5.02 Å². The Balaban J connectivity index is 1.05. The first-order chi connectivity index (χ1) is 30.8. The molecule has 0 atom stereocenters. The molecule has 11 rings (SSSR count). The topological polar surface area (TPSA) is 54.9 Å². The van der Waals surface area contributed by atoms with E-state index in [-0.39, 0.29) is 5.41 Å². The maximum Gasteiger partial charge on any atom is 0.137 e. The second kappa shape index (κ2) is 15.4. The van der Waals surface area contributed by atoms with Crippen molar-refractivity contribution in [3.05, 3.63) is 205 Å². The van der Waals surface area contributed by atoms with E-state index in [0.717, 1.165) is 77.3 Å². The van der Waals surface area contributed by atoms with E-state index >= 15 is 0 Å². The lowest BCUT2D eigenvalue weighted by Gasteiger charge is -2.20. The van der Waals surface area contributed by atoms with Crippen LogP contribution in [0.1, 0.15) is 26.3 Å². The van der Waals surface area contributed by atoms with Crippen LogP contribution in [-0.2, 0) is 5.41 Å². The lowest BCUT2D eigenvalue weighted by molar-refractivity contribution is 0.483. The van der Waals surface area contributed by atoms with E-state index in [9.17, 15) is 0 Å². The van der Waals surface area contributed by atoms with E-state index in [1.54, 1.807) is 0 Å². The number of rotatable bonds is 6. The summed E-state index contributed by atoms with van der Waals surface area (Å²) >= 11 is 6.57. The van der Waals surface area contributed by atoms with E-state index in [4.69, 9.17) is 21.3 Å². The smallest absolute Gasteiger partial charge is 0.137 e. The Labute approximate surface area is 370 Å². The summed E-state index contributed by atoms with van der Waals surface area (Å²) in [6.07, 6.45) is 1.89. The van der Waals surface area contributed by atoms with Crippen molar-refractivity contribution in [1.82, 2.24) is 14.5 Å². The van der Waals surface area contributed by atoms with Crippen LogP contribution in [0.5, 0.6) is 11.5 Å². The summed E-state index contributed by atoms with van der Waals surface area (Å²) in [4.78, 5) is 8.89. The molecule has 0 fully saturated rings. The number of anilines is 2. The highest BCUT2D eigenvalue weighted by atomic mass is 35.5. The maximum absolute atomic E-state index is 6.70. The minimum Gasteiger partial charge on any atom is -0.457 e. The molecule has 0 amide bonds. The Morgan fingerprint density at radius 3 is 1.92 bits per heavy atom. The molecular weight excluding hydrogens is 792 g/mol. The second-order valence-electron chi connectivity index (χ2n) is 17.1. The standard InChI is InChI=1S/C57H43ClN4O/c1-57(2,3)37-30-31-59-54(32-37)62-52-29-26-38(58)33-50(52)47-28-27-41(35-53(47)62)63-40-17-11-16-39(34-40)60-51-25-13-24-49-46-21-10-8-19-44(46)43-18-7-9-20-45(43)48-23-12-22-42(55(48)61-56(49)51)36-14-5-4-6-15-36/h4-35,60-61H,1-3H3. The zero-order chi connectivity index (χ0) is 42.7. The summed E-state index contributed by atoms with van der Waals surface area (Å²) < 4.78 is 8.90. The van der Waals surface area contributed by atoms with Gasteiger partial charge in [-0.2, -0.15) is 0 Å². The van der Waals surface area contributed by atoms with E-state index < -0.39 is 0 Å². The molecule has 0 unspecified atom stereocenters. The van der Waals surface area contributed by atoms with E-state index in [1.165, 1.54) is 21.7 Å². The highest BCUT2D eigenvalue weighted by Crippen LogP contribution is 2.40. The van der Waals surface area contributed by atoms with Crippen LogP contribution in [-0.4, -0.2) is 14.5 Å². The van der Waals surface area contributed by atoms with Crippen molar-refractivity contribution >= 4 is 88.1 Å². The summed E-state index contributed by atoms with van der Waals surface area (Å²) in [5, 5.41) is 13.6. The van der Waals surface area contributed by atoms with Gasteiger partial charge in [0.25, 0.3) is 0 Å². The second-order valence-corrected chi connectivity index (χ2v) is 17.6. The Hall–Kier alpha value is -7.60. The normalized spacial score (nSPS) is 11.8. The SMILES string of the molecule is CC(C)(C)c1ccnc(-n2c3ccc(Cl)cc3c3ccc(Oc4cccc(Nc5cccc6c5[nH]c5c(-c7ccccc7)cccc5c5ccccc5c5ccccc65)c4)cc32)c1. The zero-order valence-electron chi connectivity index (χ0n) is 35.2. The number of hydrogen-bond acceptors (Lipinski definition) is 3. The summed E-state index contributed by atoms with van der Waals surface area (Å²) in [5.74, 6) is 2.27. The predicted molar refractivity (Wildman–Crippen MR) is 266 cm³/mol. The van der Waals surface area contributed by atoms with E-state index in [0.29, 0.717) is 16.5 Å². The molecule has 0 aliphatic heterocycles. The molecule has 0 aliphatic carbocycles. The van der Waals surface area contributed by atoms with Crippen molar-refractivity contribution in [2.24, 2.45) is 0 Å². The van der Waals surface area contributed by atoms with Gasteiger partial charge >= 0.3 is 0 Å². The number of nitrogens with zero attached hydrogens (tertiary/aromatic N) is 2. The molecule has 0 bridgehead atoms. The van der Waals surface area contributed by atoms with Gasteiger partial charge in [0, 0.05) is 56.1 Å². The average molecular weight is 835 g/mol. The van der Waals surface area contributed by atoms with Crippen LogP contribution >= 0.6 is 11.6 Å². The number of nitrogens with one attached hydrogen (secondary N) is 2. The van der Waals surface area contributed by atoms with Gasteiger partial charge in [0.15, 0.2) is 0 Å². The Kier molecular flexibility index (Phi) is 9.36. The molecule has 5 nitrogen and oxygen atoms in total. The zero-order valence-corrected chi connectivity index (χ0v) is 35.9. The summed E-state index contributed by atoms with van der Waals surface area (Å²) in [5.41, 5.74) is 9.32. The summed E-state index contributed by atoms with van der Waals surface area (Å²) in [6, 6.07) is 65.8. The van der Waals surface area contributed by atoms with Gasteiger partial charge in [-0.3, -0.25) is 4.57 Å². The molecule has 0 saturated carbocycles. The van der Waals surface area contributed by atoms with Crippen LogP contribution in [0.4, 0.5) is 11.4 Å². The van der Waals surface area contributed by atoms with Gasteiger partial charge in [-0.25, -0.2) is 4.98 Å². The minimum absolute atomic E-state index is 0.0358. The van der Waals surface area contributed by atoms with Gasteiger partial charge in [-0.05, 0) is 98.8 Å². The third-order valence-electron chi connectivity index (χ3n) is 12.1. The highest BCUT2D eigenvalue weighted by Gasteiger charge is 2.19. The van der Waals surface area contributed by atoms with Gasteiger partial charge < -0.3 is 15.0 Å². The van der Waals surface area contributed by atoms with Crippen LogP contribution in [0, 0.1) is 0 Å². The predicted octanol–water partition coefficient (Wildman–Crippen LogP) is 16.4. The molecule has 3 heterocycles. The number of benzene rings is 8. The molecule has 63 heavy (non-hydrogen) atoms. The number of aromatic amines is 1. The van der Waals surface area contributed by atoms with Gasteiger partial charge in [0.1, 0.15) is 17.3 Å². The van der Waals surface area contributed by atoms with Crippen LogP contribution < -0.4 is 10.1 Å². The van der Waals surface area contributed by atoms with Gasteiger partial charge in [0.2, 0.25) is 0 Å². The van der Waals surface area contributed by atoms with E-state index in [2.05, 4.69) is 193 Å². The third-order valence-corrected chi connectivity index (χ3v) is 12.3. The Morgan fingerprint density at radius 2 is 1.17 bits per heavy atom. The van der Waals surface area contributed by atoms with Crippen molar-refractivity contribution in [2.75, 3.05) is 5.32 Å². The summed E-state index contributed by atoms with van der Waals surface area (Å²) in [6.45, 7) is 6.66. The van der Waals surface area contributed by atoms with Gasteiger partial charge in [-0.1, -0.05) is 148 Å². The average Bonchev–Trinajstić information content (AvgIpc) is 3.64. The minimum atomic E-state index is -0.0358. The number of fused-ring (bicyclic) bond motifs is 10. The molecule has 304 valence electrons. The monoisotopic (exact) mass is 834 g/mol. The Morgan fingerprint density at radius 1 is 0.524 bits per heavy atom. The number of H-pyrrole nitrogens is 1. The number of ether oxygens (including phenoxy) is 1. The lowest BCUT2D eigenvalue weighted by Crippen LogP contribution is -2.12. The summed E-state index contributed by atoms with van der Waals surface area (Å²) in [7, 11) is 0. The molecule has 3 aromatic heterocycles. The number of hydrogen-bond donors (Lipinski definition) is 2. The molecule has 0 aliphatic rings. The quantitative estimate of drug-likeness (QED) is 0.175. The number of halogens is 1.